The number of thiol groups is 1. The molecule has 4 rings (SSSR count). The van der Waals surface area contributed by atoms with Gasteiger partial charge in [-0.3, -0.25) is 4.79 Å². The average molecular weight is 427 g/mol. The van der Waals surface area contributed by atoms with Crippen molar-refractivity contribution in [3.8, 4) is 5.75 Å². The molecule has 0 saturated carbocycles. The van der Waals surface area contributed by atoms with Gasteiger partial charge in [0.15, 0.2) is 28.2 Å². The van der Waals surface area contributed by atoms with Gasteiger partial charge in [0.05, 0.1) is 20.2 Å². The van der Waals surface area contributed by atoms with Crippen molar-refractivity contribution in [1.29, 1.82) is 0 Å². The Kier molecular flexibility index (Phi) is 5.49. The smallest absolute Gasteiger partial charge is 0.277 e. The Hall–Kier alpha value is -3.27. The zero-order valence-electron chi connectivity index (χ0n) is 16.8. The number of ether oxygens (including phenoxy) is 1. The Balaban J connectivity index is 1.69. The number of carbonyl (C=O) groups excluding carboxylic acids is 1. The molecule has 1 amide bonds. The van der Waals surface area contributed by atoms with E-state index in [1.807, 2.05) is 18.2 Å². The highest BCUT2D eigenvalue weighted by Gasteiger charge is 2.25. The van der Waals surface area contributed by atoms with Crippen molar-refractivity contribution in [3.63, 3.8) is 0 Å². The number of hydrogen-bond donors (Lipinski definition) is 4. The highest BCUT2D eigenvalue weighted by molar-refractivity contribution is 7.80. The molecule has 156 valence electrons. The minimum Gasteiger partial charge on any atom is -0.497 e. The van der Waals surface area contributed by atoms with Gasteiger partial charge >= 0.3 is 0 Å². The predicted molar refractivity (Wildman–Crippen MR) is 118 cm³/mol. The van der Waals surface area contributed by atoms with Crippen molar-refractivity contribution in [2.75, 3.05) is 18.6 Å². The minimum atomic E-state index is -0.369. The van der Waals surface area contributed by atoms with Crippen molar-refractivity contribution in [3.05, 3.63) is 42.0 Å². The van der Waals surface area contributed by atoms with E-state index >= 15 is 0 Å². The summed E-state index contributed by atoms with van der Waals surface area (Å²) in [5.74, 6) is 2.13. The molecule has 0 radical (unpaired) electrons. The van der Waals surface area contributed by atoms with Crippen LogP contribution >= 0.6 is 12.6 Å². The molecule has 0 saturated heterocycles. The van der Waals surface area contributed by atoms with Crippen LogP contribution in [0.3, 0.4) is 0 Å². The fourth-order valence-electron chi connectivity index (χ4n) is 3.69. The molecule has 9 nitrogen and oxygen atoms in total. The van der Waals surface area contributed by atoms with E-state index in [0.29, 0.717) is 30.0 Å². The summed E-state index contributed by atoms with van der Waals surface area (Å²) in [4.78, 5) is 24.3. The molecular weight excluding hydrogens is 402 g/mol. The molecule has 3 heterocycles. The van der Waals surface area contributed by atoms with Crippen molar-refractivity contribution in [2.45, 2.75) is 26.6 Å². The molecule has 4 N–H and O–H groups in total. The fourth-order valence-corrected chi connectivity index (χ4v) is 3.89. The Morgan fingerprint density at radius 2 is 2.20 bits per heavy atom. The Morgan fingerprint density at radius 1 is 1.37 bits per heavy atom. The molecule has 1 aromatic carbocycles. The minimum absolute atomic E-state index is 0.0893. The summed E-state index contributed by atoms with van der Waals surface area (Å²) in [5.41, 5.74) is 9.31. The summed E-state index contributed by atoms with van der Waals surface area (Å²) in [6.07, 6.45) is 1.71. The van der Waals surface area contributed by atoms with Gasteiger partial charge in [0.25, 0.3) is 11.7 Å². The molecule has 0 unspecified atom stereocenters. The number of methoxy groups -OCH3 is 1. The summed E-state index contributed by atoms with van der Waals surface area (Å²) < 4.78 is 9.71. The lowest BCUT2D eigenvalue weighted by atomic mass is 10.3. The van der Waals surface area contributed by atoms with E-state index in [9.17, 15) is 4.79 Å². The van der Waals surface area contributed by atoms with Crippen LogP contribution in [-0.4, -0.2) is 38.3 Å². The van der Waals surface area contributed by atoms with Gasteiger partial charge < -0.3 is 20.8 Å². The number of nitrogens with zero attached hydrogens (tertiary/aromatic N) is 4. The third-order valence-corrected chi connectivity index (χ3v) is 5.26. The molecule has 0 bridgehead atoms. The number of anilines is 1. The van der Waals surface area contributed by atoms with E-state index in [2.05, 4.69) is 49.0 Å². The summed E-state index contributed by atoms with van der Waals surface area (Å²) in [6, 6.07) is 7.71. The Bertz CT molecular complexity index is 1230. The summed E-state index contributed by atoms with van der Waals surface area (Å²) >= 11 is 4.41. The van der Waals surface area contributed by atoms with Crippen molar-refractivity contribution in [2.24, 2.45) is 0 Å². The van der Waals surface area contributed by atoms with Crippen LogP contribution in [0, 0.1) is 0 Å². The van der Waals surface area contributed by atoms with Crippen LogP contribution in [0.25, 0.3) is 22.2 Å². The molecule has 30 heavy (non-hydrogen) atoms. The lowest BCUT2D eigenvalue weighted by molar-refractivity contribution is -0.675. The lowest BCUT2D eigenvalue weighted by Crippen LogP contribution is -2.42. The number of nitrogens with one attached hydrogen (secondary N) is 2. The second-order valence-electron chi connectivity index (χ2n) is 6.74. The van der Waals surface area contributed by atoms with Crippen LogP contribution in [0.2, 0.25) is 0 Å². The number of amides is 1. The monoisotopic (exact) mass is 426 g/mol. The number of aryl methyl sites for hydroxylation is 2. The first-order valence-corrected chi connectivity index (χ1v) is 10.3. The van der Waals surface area contributed by atoms with Gasteiger partial charge in [-0.1, -0.05) is 0 Å². The third kappa shape index (κ3) is 3.43. The van der Waals surface area contributed by atoms with E-state index in [0.717, 1.165) is 29.2 Å². The number of H-pyrrole nitrogens is 1. The Labute approximate surface area is 178 Å². The summed E-state index contributed by atoms with van der Waals surface area (Å²) in [7, 11) is 1.65. The number of benzene rings is 1. The van der Waals surface area contributed by atoms with Gasteiger partial charge in [-0.2, -0.15) is 12.6 Å². The third-order valence-electron chi connectivity index (χ3n) is 5.06. The molecule has 0 spiro atoms. The predicted octanol–water partition coefficient (Wildman–Crippen LogP) is 1.67. The van der Waals surface area contributed by atoms with Crippen molar-refractivity contribution < 1.29 is 14.1 Å². The van der Waals surface area contributed by atoms with E-state index in [1.165, 1.54) is 0 Å². The highest BCUT2D eigenvalue weighted by atomic mass is 32.1. The summed E-state index contributed by atoms with van der Waals surface area (Å²) in [6.45, 7) is 3.83. The standard InChI is InChI=1S/C20H23N7O2S/c1-3-26-15-10-12(29-2)4-5-14(15)27(8-9-30)16(26)11-23-20(28)17-18(21)25-19-13(24-17)6-7-22-19/h4-7,10H,3,8-9,11H2,1-2H3,(H4-,21,22,23,25,28,30)/p+1. The number of aromatic amines is 1. The van der Waals surface area contributed by atoms with Crippen LogP contribution in [0.15, 0.2) is 30.5 Å². The van der Waals surface area contributed by atoms with E-state index in [-0.39, 0.29) is 17.4 Å². The molecule has 10 heteroatoms. The van der Waals surface area contributed by atoms with Crippen LogP contribution in [0.5, 0.6) is 5.75 Å². The van der Waals surface area contributed by atoms with Crippen LogP contribution in [0.1, 0.15) is 23.2 Å². The first kappa shape index (κ1) is 20.0. The van der Waals surface area contributed by atoms with Crippen molar-refractivity contribution in [1.82, 2.24) is 24.8 Å². The number of hydrogen-bond acceptors (Lipinski definition) is 6. The van der Waals surface area contributed by atoms with E-state index < -0.39 is 0 Å². The Morgan fingerprint density at radius 3 is 2.93 bits per heavy atom. The largest absolute Gasteiger partial charge is 0.497 e. The maximum absolute atomic E-state index is 12.8. The number of nitrogens with two attached hydrogens (primary N) is 1. The van der Waals surface area contributed by atoms with Crippen LogP contribution < -0.4 is 20.4 Å². The van der Waals surface area contributed by atoms with Gasteiger partial charge in [0.2, 0.25) is 0 Å². The van der Waals surface area contributed by atoms with Gasteiger partial charge in [-0.05, 0) is 25.1 Å². The van der Waals surface area contributed by atoms with Gasteiger partial charge in [-0.25, -0.2) is 19.1 Å². The molecule has 0 aliphatic rings. The molecule has 4 aromatic rings. The topological polar surface area (TPSA) is 115 Å². The molecular formula is C20H24N7O2S+. The molecule has 0 fully saturated rings. The zero-order chi connectivity index (χ0) is 21.3. The number of rotatable bonds is 7. The maximum atomic E-state index is 12.8. The molecule has 3 aromatic heterocycles. The molecule has 0 atom stereocenters. The van der Waals surface area contributed by atoms with Gasteiger partial charge in [-0.15, -0.1) is 0 Å². The van der Waals surface area contributed by atoms with E-state index in [4.69, 9.17) is 10.5 Å². The second kappa shape index (κ2) is 8.23. The SMILES string of the molecule is CCn1c(CNC(=O)c2nc3cc[nH]c3nc2N)[n+](CCS)c2ccc(OC)cc21. The second-order valence-corrected chi connectivity index (χ2v) is 7.19. The van der Waals surface area contributed by atoms with Crippen LogP contribution in [-0.2, 0) is 19.6 Å². The van der Waals surface area contributed by atoms with Gasteiger partial charge in [0.1, 0.15) is 17.8 Å². The number of nitrogen functional groups attached to an aromatic ring is 1. The number of aromatic nitrogens is 5. The quantitative estimate of drug-likeness (QED) is 0.265. The van der Waals surface area contributed by atoms with E-state index in [1.54, 1.807) is 19.4 Å². The molecule has 0 aliphatic heterocycles. The first-order valence-electron chi connectivity index (χ1n) is 9.66. The maximum Gasteiger partial charge on any atom is 0.277 e. The summed E-state index contributed by atoms with van der Waals surface area (Å²) in [5, 5.41) is 2.95. The molecule has 0 aliphatic carbocycles. The first-order chi connectivity index (χ1) is 14.6. The van der Waals surface area contributed by atoms with Crippen LogP contribution in [0.4, 0.5) is 5.82 Å². The average Bonchev–Trinajstić information content (AvgIpc) is 3.32. The normalized spacial score (nSPS) is 11.3. The van der Waals surface area contributed by atoms with Gasteiger partial charge in [0, 0.05) is 18.0 Å². The highest BCUT2D eigenvalue weighted by Crippen LogP contribution is 2.21. The fraction of sp³-hybridized carbons (Fsp3) is 0.300. The van der Waals surface area contributed by atoms with Crippen molar-refractivity contribution >= 4 is 46.6 Å². The number of carbonyl (C=O) groups is 1. The lowest BCUT2D eigenvalue weighted by Gasteiger charge is -2.07. The zero-order valence-corrected chi connectivity index (χ0v) is 17.7. The number of imidazole rings is 1. The number of fused-ring (bicyclic) bond motifs is 2.